The van der Waals surface area contributed by atoms with Gasteiger partial charge in [0.15, 0.2) is 0 Å². The minimum atomic E-state index is -2.66. The molecule has 0 radical (unpaired) electrons. The van der Waals surface area contributed by atoms with Gasteiger partial charge in [0.25, 0.3) is 11.8 Å². The van der Waals surface area contributed by atoms with Gasteiger partial charge in [-0.05, 0) is 81.0 Å². The second-order valence-electron chi connectivity index (χ2n) is 13.4. The van der Waals surface area contributed by atoms with E-state index in [1.807, 2.05) is 32.0 Å². The number of carbonyl (C=O) groups excluding carboxylic acids is 2. The van der Waals surface area contributed by atoms with Crippen molar-refractivity contribution in [1.82, 2.24) is 30.4 Å². The second kappa shape index (κ2) is 10.1. The van der Waals surface area contributed by atoms with Gasteiger partial charge in [0, 0.05) is 43.3 Å². The lowest BCUT2D eigenvalue weighted by molar-refractivity contribution is -0.134. The van der Waals surface area contributed by atoms with E-state index in [2.05, 4.69) is 20.7 Å². The highest BCUT2D eigenvalue weighted by Crippen LogP contribution is 2.67. The molecule has 2 amide bonds. The normalized spacial score (nSPS) is 27.0. The second-order valence-corrected chi connectivity index (χ2v) is 13.4. The third-order valence-electron chi connectivity index (χ3n) is 9.87. The van der Waals surface area contributed by atoms with Gasteiger partial charge in [0.2, 0.25) is 11.8 Å². The van der Waals surface area contributed by atoms with Crippen LogP contribution in [0.5, 0.6) is 0 Å². The quantitative estimate of drug-likeness (QED) is 0.245. The number of imidazole rings is 1. The van der Waals surface area contributed by atoms with Gasteiger partial charge in [0.05, 0.1) is 23.1 Å². The molecule has 3 N–H and O–H groups in total. The van der Waals surface area contributed by atoms with E-state index in [-0.39, 0.29) is 60.9 Å². The van der Waals surface area contributed by atoms with Crippen LogP contribution in [0.25, 0.3) is 11.0 Å². The topological polar surface area (TPSA) is 105 Å². The maximum absolute atomic E-state index is 14.1. The molecule has 4 aliphatic carbocycles. The van der Waals surface area contributed by atoms with Crippen LogP contribution in [0, 0.1) is 29.6 Å². The first-order valence-electron chi connectivity index (χ1n) is 15.3. The molecule has 43 heavy (non-hydrogen) atoms. The van der Waals surface area contributed by atoms with Crippen LogP contribution < -0.4 is 10.6 Å². The van der Waals surface area contributed by atoms with Crippen molar-refractivity contribution in [3.63, 3.8) is 0 Å². The summed E-state index contributed by atoms with van der Waals surface area (Å²) in [5.41, 5.74) is 2.66. The summed E-state index contributed by atoms with van der Waals surface area (Å²) in [5.74, 6) is -6.89. The van der Waals surface area contributed by atoms with E-state index in [1.165, 1.54) is 0 Å². The van der Waals surface area contributed by atoms with Crippen LogP contribution in [0.1, 0.15) is 98.8 Å². The summed E-state index contributed by atoms with van der Waals surface area (Å²) in [6.07, 6.45) is 3.71. The molecule has 1 aromatic carbocycles. The number of aromatic nitrogens is 4. The molecule has 2 heterocycles. The van der Waals surface area contributed by atoms with E-state index in [0.717, 1.165) is 18.4 Å². The lowest BCUT2D eigenvalue weighted by atomic mass is 9.79. The standard InChI is InChI=1S/C31H36F4N6O2/c1-15(2)41-24(7-8-36-41)29(43)40-27(19-10-20-21(11-19)31(20,34)35)28-37-22-6-5-18(12-23(22)38-28)26(17-3-4-17)39-25(42)9-16-13-30(32,33)14-16/h5-8,12,15-17,19-21,26-27H,3-4,9-11,13-14H2,1-2H3,(H,37,38)(H,39,42)(H,40,43)/t19?,20-,21+,26-,27+/m1/s1. The number of carbonyl (C=O) groups is 2. The van der Waals surface area contributed by atoms with Gasteiger partial charge in [-0.2, -0.15) is 5.10 Å². The van der Waals surface area contributed by atoms with Crippen LogP contribution in [0.4, 0.5) is 17.6 Å². The van der Waals surface area contributed by atoms with Gasteiger partial charge < -0.3 is 15.6 Å². The molecule has 4 aliphatic rings. The van der Waals surface area contributed by atoms with Gasteiger partial charge in [-0.25, -0.2) is 22.5 Å². The lowest BCUT2D eigenvalue weighted by Gasteiger charge is -2.34. The van der Waals surface area contributed by atoms with Crippen molar-refractivity contribution in [2.75, 3.05) is 0 Å². The van der Waals surface area contributed by atoms with Crippen LogP contribution in [0.15, 0.2) is 30.5 Å². The van der Waals surface area contributed by atoms with Crippen molar-refractivity contribution in [1.29, 1.82) is 0 Å². The highest BCUT2D eigenvalue weighted by atomic mass is 19.3. The molecule has 5 atom stereocenters. The summed E-state index contributed by atoms with van der Waals surface area (Å²) in [7, 11) is 0. The van der Waals surface area contributed by atoms with Crippen molar-refractivity contribution in [2.45, 2.75) is 88.8 Å². The third kappa shape index (κ3) is 5.31. The maximum atomic E-state index is 14.1. The number of alkyl halides is 4. The minimum Gasteiger partial charge on any atom is -0.349 e. The SMILES string of the molecule is CC(C)n1nccc1C(=O)N[C@H](c1nc2ccc([C@H](NC(=O)CC3CC(F)(F)C3)C3CC3)cc2[nH]1)C1C[C@@H]2[C@H](C1)C2(F)F. The van der Waals surface area contributed by atoms with E-state index in [9.17, 15) is 27.2 Å². The Kier molecular flexibility index (Phi) is 6.63. The van der Waals surface area contributed by atoms with E-state index < -0.39 is 29.7 Å². The Morgan fingerprint density at radius 3 is 2.40 bits per heavy atom. The fourth-order valence-electron chi connectivity index (χ4n) is 7.37. The van der Waals surface area contributed by atoms with Crippen molar-refractivity contribution < 1.29 is 27.2 Å². The van der Waals surface area contributed by atoms with Crippen LogP contribution in [-0.2, 0) is 4.79 Å². The molecular formula is C31H36F4N6O2. The number of hydrogen-bond acceptors (Lipinski definition) is 4. The summed E-state index contributed by atoms with van der Waals surface area (Å²) in [6, 6.07) is 6.47. The molecule has 12 heteroatoms. The predicted molar refractivity (Wildman–Crippen MR) is 149 cm³/mol. The number of nitrogens with zero attached hydrogens (tertiary/aromatic N) is 3. The van der Waals surface area contributed by atoms with Gasteiger partial charge in [-0.3, -0.25) is 14.3 Å². The van der Waals surface area contributed by atoms with E-state index in [4.69, 9.17) is 4.98 Å². The highest BCUT2D eigenvalue weighted by Gasteiger charge is 2.72. The average Bonchev–Trinajstić information content (AvgIpc) is 3.54. The van der Waals surface area contributed by atoms with Crippen LogP contribution in [0.3, 0.4) is 0 Å². The summed E-state index contributed by atoms with van der Waals surface area (Å²) >= 11 is 0. The molecule has 0 saturated heterocycles. The number of H-pyrrole nitrogens is 1. The summed E-state index contributed by atoms with van der Waals surface area (Å²) < 4.78 is 56.3. The number of nitrogens with one attached hydrogen (secondary N) is 3. The molecule has 0 aliphatic heterocycles. The number of fused-ring (bicyclic) bond motifs is 2. The first-order valence-corrected chi connectivity index (χ1v) is 15.3. The first-order chi connectivity index (χ1) is 20.4. The van der Waals surface area contributed by atoms with Crippen molar-refractivity contribution in [3.8, 4) is 0 Å². The molecule has 2 aromatic heterocycles. The largest absolute Gasteiger partial charge is 0.349 e. The zero-order valence-corrected chi connectivity index (χ0v) is 24.1. The lowest BCUT2D eigenvalue weighted by Crippen LogP contribution is -2.39. The number of rotatable bonds is 10. The molecule has 230 valence electrons. The summed E-state index contributed by atoms with van der Waals surface area (Å²) in [4.78, 5) is 34.3. The minimum absolute atomic E-state index is 0.0359. The Morgan fingerprint density at radius 1 is 1.02 bits per heavy atom. The predicted octanol–water partition coefficient (Wildman–Crippen LogP) is 6.11. The molecule has 0 bridgehead atoms. The Morgan fingerprint density at radius 2 is 1.74 bits per heavy atom. The Hall–Kier alpha value is -3.44. The molecular weight excluding hydrogens is 564 g/mol. The fraction of sp³-hybridized carbons (Fsp3) is 0.613. The summed E-state index contributed by atoms with van der Waals surface area (Å²) in [5, 5.41) is 10.4. The number of aromatic amines is 1. The molecule has 1 unspecified atom stereocenters. The van der Waals surface area contributed by atoms with E-state index in [0.29, 0.717) is 35.4 Å². The molecule has 7 rings (SSSR count). The zero-order valence-electron chi connectivity index (χ0n) is 24.1. The van der Waals surface area contributed by atoms with Crippen molar-refractivity contribution in [3.05, 3.63) is 47.5 Å². The fourth-order valence-corrected chi connectivity index (χ4v) is 7.37. The van der Waals surface area contributed by atoms with Crippen LogP contribution in [0.2, 0.25) is 0 Å². The van der Waals surface area contributed by atoms with E-state index in [1.54, 1.807) is 16.9 Å². The van der Waals surface area contributed by atoms with Gasteiger partial charge in [0.1, 0.15) is 11.5 Å². The molecule has 4 fully saturated rings. The smallest absolute Gasteiger partial charge is 0.270 e. The van der Waals surface area contributed by atoms with Crippen molar-refractivity contribution in [2.24, 2.45) is 29.6 Å². The van der Waals surface area contributed by atoms with Crippen molar-refractivity contribution >= 4 is 22.8 Å². The Bertz CT molecular complexity index is 1540. The number of hydrogen-bond donors (Lipinski definition) is 3. The average molecular weight is 601 g/mol. The monoisotopic (exact) mass is 600 g/mol. The van der Waals surface area contributed by atoms with Gasteiger partial charge in [-0.1, -0.05) is 6.07 Å². The first kappa shape index (κ1) is 28.3. The highest BCUT2D eigenvalue weighted by molar-refractivity contribution is 5.93. The number of benzene rings is 1. The number of halogens is 4. The molecule has 3 aromatic rings. The molecule has 8 nitrogen and oxygen atoms in total. The van der Waals surface area contributed by atoms with E-state index >= 15 is 0 Å². The molecule has 0 spiro atoms. The summed E-state index contributed by atoms with van der Waals surface area (Å²) in [6.45, 7) is 3.85. The zero-order chi connectivity index (χ0) is 30.3. The number of amides is 2. The molecule has 4 saturated carbocycles. The van der Waals surface area contributed by atoms with Crippen LogP contribution in [-0.4, -0.2) is 43.4 Å². The van der Waals surface area contributed by atoms with Gasteiger partial charge >= 0.3 is 0 Å². The Labute approximate surface area is 246 Å². The Balaban J connectivity index is 1.12. The van der Waals surface area contributed by atoms with Gasteiger partial charge in [-0.15, -0.1) is 0 Å². The third-order valence-corrected chi connectivity index (χ3v) is 9.87. The van der Waals surface area contributed by atoms with Crippen LogP contribution >= 0.6 is 0 Å². The maximum Gasteiger partial charge on any atom is 0.270 e.